The molecule has 2 aromatic rings. The number of rotatable bonds is 8. The van der Waals surface area contributed by atoms with Crippen molar-refractivity contribution in [1.29, 1.82) is 0 Å². The van der Waals surface area contributed by atoms with E-state index in [4.69, 9.17) is 4.74 Å². The molecular weight excluding hydrogens is 398 g/mol. The van der Waals surface area contributed by atoms with Gasteiger partial charge in [-0.2, -0.15) is 0 Å². The summed E-state index contributed by atoms with van der Waals surface area (Å²) < 4.78 is 5.36. The molecule has 0 radical (unpaired) electrons. The summed E-state index contributed by atoms with van der Waals surface area (Å²) in [6.07, 6.45) is 0. The van der Waals surface area contributed by atoms with Gasteiger partial charge in [-0.05, 0) is 39.8 Å². The molecule has 2 atom stereocenters. The fraction of sp³-hybridized carbons (Fsp3) is 0.375. The molecule has 0 aliphatic heterocycles. The number of anilines is 1. The van der Waals surface area contributed by atoms with Crippen molar-refractivity contribution >= 4 is 34.3 Å². The molecule has 0 heterocycles. The molecule has 0 saturated heterocycles. The standard InChI is InChI=1S/C24H29NO4S/c1-16(22(27)29-24(3,4)5)15-30-23(28)17(2)25-20-14-10-9-13-19(20)21(26)18-11-7-6-8-12-18/h6-14,16-17,25H,15H2,1-5H3. The highest BCUT2D eigenvalue weighted by atomic mass is 32.2. The summed E-state index contributed by atoms with van der Waals surface area (Å²) in [5.41, 5.74) is 1.15. The van der Waals surface area contributed by atoms with Crippen LogP contribution in [0.15, 0.2) is 54.6 Å². The summed E-state index contributed by atoms with van der Waals surface area (Å²) in [4.78, 5) is 37.5. The van der Waals surface area contributed by atoms with Crippen molar-refractivity contribution in [3.63, 3.8) is 0 Å². The Morgan fingerprint density at radius 3 is 2.20 bits per heavy atom. The van der Waals surface area contributed by atoms with Crippen LogP contribution in [0.2, 0.25) is 0 Å². The van der Waals surface area contributed by atoms with Gasteiger partial charge >= 0.3 is 5.97 Å². The minimum Gasteiger partial charge on any atom is -0.460 e. The fourth-order valence-electron chi connectivity index (χ4n) is 2.65. The Balaban J connectivity index is 1.99. The summed E-state index contributed by atoms with van der Waals surface area (Å²) in [5.74, 6) is -0.478. The first-order chi connectivity index (χ1) is 14.1. The van der Waals surface area contributed by atoms with Crippen LogP contribution in [0.3, 0.4) is 0 Å². The van der Waals surface area contributed by atoms with Gasteiger partial charge in [-0.15, -0.1) is 0 Å². The molecule has 2 aromatic carbocycles. The summed E-state index contributed by atoms with van der Waals surface area (Å²) in [6.45, 7) is 8.94. The van der Waals surface area contributed by atoms with Gasteiger partial charge in [-0.1, -0.05) is 61.2 Å². The molecule has 6 heteroatoms. The van der Waals surface area contributed by atoms with Gasteiger partial charge in [0.2, 0.25) is 5.12 Å². The van der Waals surface area contributed by atoms with Gasteiger partial charge in [0.25, 0.3) is 0 Å². The Labute approximate surface area is 182 Å². The third-order valence-electron chi connectivity index (χ3n) is 4.22. The Hall–Kier alpha value is -2.60. The summed E-state index contributed by atoms with van der Waals surface area (Å²) in [6, 6.07) is 15.6. The SMILES string of the molecule is CC(CSC(=O)C(C)Nc1ccccc1C(=O)c1ccccc1)C(=O)OC(C)(C)C. The van der Waals surface area contributed by atoms with Crippen molar-refractivity contribution in [2.75, 3.05) is 11.1 Å². The lowest BCUT2D eigenvalue weighted by Gasteiger charge is -2.22. The monoisotopic (exact) mass is 427 g/mol. The molecule has 30 heavy (non-hydrogen) atoms. The van der Waals surface area contributed by atoms with Crippen LogP contribution in [0.4, 0.5) is 5.69 Å². The molecule has 2 unspecified atom stereocenters. The summed E-state index contributed by atoms with van der Waals surface area (Å²) in [5, 5.41) is 3.04. The van der Waals surface area contributed by atoms with E-state index in [-0.39, 0.29) is 16.9 Å². The van der Waals surface area contributed by atoms with E-state index in [9.17, 15) is 14.4 Å². The van der Waals surface area contributed by atoms with Crippen LogP contribution in [0, 0.1) is 5.92 Å². The van der Waals surface area contributed by atoms with Crippen molar-refractivity contribution in [2.45, 2.75) is 46.3 Å². The van der Waals surface area contributed by atoms with E-state index < -0.39 is 17.6 Å². The molecule has 0 amide bonds. The number of hydrogen-bond acceptors (Lipinski definition) is 6. The summed E-state index contributed by atoms with van der Waals surface area (Å²) in [7, 11) is 0. The highest BCUT2D eigenvalue weighted by Gasteiger charge is 2.24. The topological polar surface area (TPSA) is 72.5 Å². The maximum atomic E-state index is 12.8. The Morgan fingerprint density at radius 1 is 0.967 bits per heavy atom. The van der Waals surface area contributed by atoms with Crippen LogP contribution in [0.5, 0.6) is 0 Å². The van der Waals surface area contributed by atoms with Crippen molar-refractivity contribution in [1.82, 2.24) is 0 Å². The minimum absolute atomic E-state index is 0.104. The van der Waals surface area contributed by atoms with E-state index in [0.717, 1.165) is 11.8 Å². The molecule has 0 spiro atoms. The molecule has 1 N–H and O–H groups in total. The van der Waals surface area contributed by atoms with E-state index in [1.54, 1.807) is 44.2 Å². The molecule has 0 fully saturated rings. The largest absolute Gasteiger partial charge is 0.460 e. The predicted molar refractivity (Wildman–Crippen MR) is 122 cm³/mol. The van der Waals surface area contributed by atoms with E-state index >= 15 is 0 Å². The van der Waals surface area contributed by atoms with Crippen LogP contribution in [0.1, 0.15) is 50.5 Å². The van der Waals surface area contributed by atoms with Crippen LogP contribution in [-0.2, 0) is 14.3 Å². The number of carbonyl (C=O) groups excluding carboxylic acids is 3. The van der Waals surface area contributed by atoms with Crippen LogP contribution >= 0.6 is 11.8 Å². The van der Waals surface area contributed by atoms with Crippen molar-refractivity contribution in [3.8, 4) is 0 Å². The first-order valence-corrected chi connectivity index (χ1v) is 10.9. The number of para-hydroxylation sites is 1. The number of esters is 1. The lowest BCUT2D eigenvalue weighted by atomic mass is 10.0. The van der Waals surface area contributed by atoms with Crippen molar-refractivity contribution in [3.05, 3.63) is 65.7 Å². The normalized spacial score (nSPS) is 13.2. The number of hydrogen-bond donors (Lipinski definition) is 1. The molecule has 160 valence electrons. The van der Waals surface area contributed by atoms with Gasteiger partial charge in [0.15, 0.2) is 5.78 Å². The predicted octanol–water partition coefficient (Wildman–Crippen LogP) is 4.96. The van der Waals surface area contributed by atoms with Crippen molar-refractivity contribution in [2.24, 2.45) is 5.92 Å². The zero-order chi connectivity index (χ0) is 22.3. The highest BCUT2D eigenvalue weighted by molar-refractivity contribution is 8.13. The Bertz CT molecular complexity index is 890. The van der Waals surface area contributed by atoms with Gasteiger partial charge in [0.1, 0.15) is 5.60 Å². The Morgan fingerprint density at radius 2 is 1.57 bits per heavy atom. The molecule has 0 aromatic heterocycles. The second-order valence-corrected chi connectivity index (χ2v) is 9.20. The molecule has 0 aliphatic rings. The van der Waals surface area contributed by atoms with Crippen LogP contribution in [0.25, 0.3) is 0 Å². The Kier molecular flexibility index (Phi) is 8.24. The number of ketones is 1. The molecular formula is C24H29NO4S. The first-order valence-electron chi connectivity index (χ1n) is 9.93. The maximum absolute atomic E-state index is 12.8. The summed E-state index contributed by atoms with van der Waals surface area (Å²) >= 11 is 1.09. The highest BCUT2D eigenvalue weighted by Crippen LogP contribution is 2.22. The van der Waals surface area contributed by atoms with Crippen LogP contribution in [-0.4, -0.2) is 34.3 Å². The lowest BCUT2D eigenvalue weighted by molar-refractivity contribution is -0.158. The fourth-order valence-corrected chi connectivity index (χ4v) is 3.51. The van der Waals surface area contributed by atoms with E-state index in [0.29, 0.717) is 22.6 Å². The third-order valence-corrected chi connectivity index (χ3v) is 5.52. The first kappa shape index (κ1) is 23.7. The average Bonchev–Trinajstić information content (AvgIpc) is 2.71. The van der Waals surface area contributed by atoms with Gasteiger partial charge < -0.3 is 10.1 Å². The lowest BCUT2D eigenvalue weighted by Crippen LogP contribution is -2.30. The van der Waals surface area contributed by atoms with Gasteiger partial charge in [-0.25, -0.2) is 0 Å². The number of carbonyl (C=O) groups is 3. The second-order valence-electron chi connectivity index (χ2n) is 8.17. The smallest absolute Gasteiger partial charge is 0.310 e. The van der Waals surface area contributed by atoms with Crippen LogP contribution < -0.4 is 5.32 Å². The number of ether oxygens (including phenoxy) is 1. The van der Waals surface area contributed by atoms with Gasteiger partial charge in [0, 0.05) is 22.6 Å². The van der Waals surface area contributed by atoms with E-state index in [1.165, 1.54) is 0 Å². The quantitative estimate of drug-likeness (QED) is 0.474. The molecule has 0 aliphatic carbocycles. The zero-order valence-electron chi connectivity index (χ0n) is 18.1. The second kappa shape index (κ2) is 10.4. The van der Waals surface area contributed by atoms with Gasteiger partial charge in [-0.3, -0.25) is 14.4 Å². The maximum Gasteiger partial charge on any atom is 0.310 e. The molecule has 0 bridgehead atoms. The minimum atomic E-state index is -0.552. The number of thioether (sulfide) groups is 1. The van der Waals surface area contributed by atoms with Gasteiger partial charge in [0.05, 0.1) is 12.0 Å². The van der Waals surface area contributed by atoms with E-state index in [2.05, 4.69) is 5.32 Å². The number of nitrogens with one attached hydrogen (secondary N) is 1. The zero-order valence-corrected chi connectivity index (χ0v) is 18.9. The number of benzene rings is 2. The van der Waals surface area contributed by atoms with Crippen molar-refractivity contribution < 1.29 is 19.1 Å². The third kappa shape index (κ3) is 7.02. The molecule has 5 nitrogen and oxygen atoms in total. The average molecular weight is 428 g/mol. The van der Waals surface area contributed by atoms with E-state index in [1.807, 2.05) is 45.0 Å². The molecule has 0 saturated carbocycles. The molecule has 2 rings (SSSR count).